The van der Waals surface area contributed by atoms with Crippen LogP contribution in [0.3, 0.4) is 0 Å². The standard InChI is InChI=1S/C14H12N4O3S/c19-12(15-14-17-16-13(22-14)10-4-5-10)8-3-9-1-6-11(7-2-9)18(20)21/h1-3,6-8,10H,4-5H2,(H,15,17,19)/b8-3-. The number of amides is 1. The molecule has 8 heteroatoms. The highest BCUT2D eigenvalue weighted by atomic mass is 32.1. The van der Waals surface area contributed by atoms with Crippen LogP contribution in [0.2, 0.25) is 0 Å². The molecule has 1 aliphatic rings. The van der Waals surface area contributed by atoms with Gasteiger partial charge in [0.05, 0.1) is 4.92 Å². The zero-order valence-electron chi connectivity index (χ0n) is 11.4. The molecule has 1 aromatic carbocycles. The molecule has 0 radical (unpaired) electrons. The predicted molar refractivity (Wildman–Crippen MR) is 82.6 cm³/mol. The number of aromatic nitrogens is 2. The van der Waals surface area contributed by atoms with Crippen molar-refractivity contribution in [1.82, 2.24) is 10.2 Å². The third kappa shape index (κ3) is 3.53. The van der Waals surface area contributed by atoms with Crippen LogP contribution in [0.15, 0.2) is 30.3 Å². The molecule has 1 aromatic heterocycles. The predicted octanol–water partition coefficient (Wildman–Crippen LogP) is 2.98. The summed E-state index contributed by atoms with van der Waals surface area (Å²) in [5, 5.41) is 22.6. The summed E-state index contributed by atoms with van der Waals surface area (Å²) in [6.07, 6.45) is 5.23. The molecule has 1 saturated carbocycles. The smallest absolute Gasteiger partial charge is 0.269 e. The number of benzene rings is 1. The maximum absolute atomic E-state index is 11.8. The average Bonchev–Trinajstić information content (AvgIpc) is 3.26. The van der Waals surface area contributed by atoms with Gasteiger partial charge in [-0.3, -0.25) is 20.2 Å². The van der Waals surface area contributed by atoms with Gasteiger partial charge in [0.25, 0.3) is 5.69 Å². The topological polar surface area (TPSA) is 98.0 Å². The van der Waals surface area contributed by atoms with E-state index in [1.165, 1.54) is 29.5 Å². The van der Waals surface area contributed by atoms with E-state index in [4.69, 9.17) is 0 Å². The molecule has 7 nitrogen and oxygen atoms in total. The summed E-state index contributed by atoms with van der Waals surface area (Å²) in [7, 11) is 0. The fraction of sp³-hybridized carbons (Fsp3) is 0.214. The Hall–Kier alpha value is -2.61. The van der Waals surface area contributed by atoms with Crippen LogP contribution in [0.25, 0.3) is 6.08 Å². The lowest BCUT2D eigenvalue weighted by Gasteiger charge is -1.95. The Morgan fingerprint density at radius 2 is 2.05 bits per heavy atom. The molecule has 0 aliphatic heterocycles. The van der Waals surface area contributed by atoms with Crippen molar-refractivity contribution in [2.45, 2.75) is 18.8 Å². The van der Waals surface area contributed by atoms with E-state index in [0.717, 1.165) is 17.8 Å². The van der Waals surface area contributed by atoms with Gasteiger partial charge in [0, 0.05) is 24.1 Å². The first kappa shape index (κ1) is 14.3. The molecule has 1 amide bonds. The van der Waals surface area contributed by atoms with Gasteiger partial charge in [-0.25, -0.2) is 0 Å². The van der Waals surface area contributed by atoms with Gasteiger partial charge in [0.15, 0.2) is 0 Å². The number of carbonyl (C=O) groups is 1. The molecule has 22 heavy (non-hydrogen) atoms. The number of nitrogens with zero attached hydrogens (tertiary/aromatic N) is 3. The van der Waals surface area contributed by atoms with E-state index >= 15 is 0 Å². The number of rotatable bonds is 5. The minimum Gasteiger partial charge on any atom is -0.297 e. The van der Waals surface area contributed by atoms with E-state index in [0.29, 0.717) is 16.6 Å². The quantitative estimate of drug-likeness (QED) is 0.519. The molecule has 3 rings (SSSR count). The Bertz CT molecular complexity index is 735. The number of nitrogens with one attached hydrogen (secondary N) is 1. The lowest BCUT2D eigenvalue weighted by atomic mass is 10.2. The van der Waals surface area contributed by atoms with Crippen molar-refractivity contribution >= 4 is 34.1 Å². The van der Waals surface area contributed by atoms with Gasteiger partial charge in [-0.15, -0.1) is 10.2 Å². The normalized spacial score (nSPS) is 14.2. The summed E-state index contributed by atoms with van der Waals surface area (Å²) in [6.45, 7) is 0. The number of non-ortho nitro benzene ring substituents is 1. The van der Waals surface area contributed by atoms with E-state index in [1.54, 1.807) is 18.2 Å². The molecular formula is C14H12N4O3S. The number of nitro groups is 1. The van der Waals surface area contributed by atoms with Crippen molar-refractivity contribution in [2.24, 2.45) is 0 Å². The molecule has 0 bridgehead atoms. The molecule has 0 unspecified atom stereocenters. The van der Waals surface area contributed by atoms with Crippen LogP contribution in [0.5, 0.6) is 0 Å². The van der Waals surface area contributed by atoms with Gasteiger partial charge in [0.2, 0.25) is 11.0 Å². The number of nitro benzene ring substituents is 1. The molecule has 0 atom stereocenters. The Labute approximate surface area is 129 Å². The first-order chi connectivity index (χ1) is 10.6. The summed E-state index contributed by atoms with van der Waals surface area (Å²) < 4.78 is 0. The third-order valence-electron chi connectivity index (χ3n) is 3.13. The number of anilines is 1. The maximum atomic E-state index is 11.8. The fourth-order valence-electron chi connectivity index (χ4n) is 1.81. The fourth-order valence-corrected chi connectivity index (χ4v) is 2.72. The largest absolute Gasteiger partial charge is 0.297 e. The summed E-state index contributed by atoms with van der Waals surface area (Å²) in [6, 6.07) is 5.95. The van der Waals surface area contributed by atoms with E-state index in [9.17, 15) is 14.9 Å². The third-order valence-corrected chi connectivity index (χ3v) is 4.13. The Kier molecular flexibility index (Phi) is 3.92. The highest BCUT2D eigenvalue weighted by Gasteiger charge is 2.27. The minimum absolute atomic E-state index is 0.0167. The summed E-state index contributed by atoms with van der Waals surface area (Å²) in [4.78, 5) is 21.9. The zero-order chi connectivity index (χ0) is 15.5. The highest BCUT2D eigenvalue weighted by Crippen LogP contribution is 2.41. The monoisotopic (exact) mass is 316 g/mol. The van der Waals surface area contributed by atoms with Crippen LogP contribution < -0.4 is 5.32 Å². The van der Waals surface area contributed by atoms with Crippen molar-refractivity contribution in [3.8, 4) is 0 Å². The second-order valence-electron chi connectivity index (χ2n) is 4.89. The minimum atomic E-state index is -0.465. The van der Waals surface area contributed by atoms with Gasteiger partial charge in [-0.1, -0.05) is 11.3 Å². The first-order valence-electron chi connectivity index (χ1n) is 6.69. The summed E-state index contributed by atoms with van der Waals surface area (Å²) in [5.41, 5.74) is 0.722. The average molecular weight is 316 g/mol. The lowest BCUT2D eigenvalue weighted by molar-refractivity contribution is -0.384. The zero-order valence-corrected chi connectivity index (χ0v) is 12.2. The first-order valence-corrected chi connectivity index (χ1v) is 7.50. The Balaban J connectivity index is 1.58. The molecule has 112 valence electrons. The Morgan fingerprint density at radius 3 is 2.68 bits per heavy atom. The van der Waals surface area contributed by atoms with Crippen LogP contribution in [-0.2, 0) is 4.79 Å². The van der Waals surface area contributed by atoms with Crippen molar-refractivity contribution in [3.63, 3.8) is 0 Å². The second kappa shape index (κ2) is 6.02. The molecule has 1 fully saturated rings. The van der Waals surface area contributed by atoms with Crippen molar-refractivity contribution in [2.75, 3.05) is 5.32 Å². The van der Waals surface area contributed by atoms with E-state index < -0.39 is 4.92 Å². The molecule has 1 aliphatic carbocycles. The van der Waals surface area contributed by atoms with E-state index in [2.05, 4.69) is 15.5 Å². The summed E-state index contributed by atoms with van der Waals surface area (Å²) in [5.74, 6) is 0.204. The lowest BCUT2D eigenvalue weighted by Crippen LogP contribution is -2.07. The highest BCUT2D eigenvalue weighted by molar-refractivity contribution is 7.15. The maximum Gasteiger partial charge on any atom is 0.269 e. The number of hydrogen-bond acceptors (Lipinski definition) is 6. The molecular weight excluding hydrogens is 304 g/mol. The van der Waals surface area contributed by atoms with Crippen LogP contribution in [0.1, 0.15) is 29.3 Å². The summed E-state index contributed by atoms with van der Waals surface area (Å²) >= 11 is 1.40. The van der Waals surface area contributed by atoms with Gasteiger partial charge >= 0.3 is 0 Å². The number of carbonyl (C=O) groups excluding carboxylic acids is 1. The van der Waals surface area contributed by atoms with Gasteiger partial charge in [-0.05, 0) is 36.6 Å². The Morgan fingerprint density at radius 1 is 1.32 bits per heavy atom. The second-order valence-corrected chi connectivity index (χ2v) is 5.90. The SMILES string of the molecule is O=C(/C=C\c1ccc([N+](=O)[O-])cc1)Nc1nnc(C2CC2)s1. The van der Waals surface area contributed by atoms with Crippen molar-refractivity contribution < 1.29 is 9.72 Å². The molecule has 1 heterocycles. The van der Waals surface area contributed by atoms with E-state index in [1.807, 2.05) is 0 Å². The van der Waals surface area contributed by atoms with Crippen LogP contribution in [0.4, 0.5) is 10.8 Å². The van der Waals surface area contributed by atoms with Gasteiger partial charge in [0.1, 0.15) is 5.01 Å². The van der Waals surface area contributed by atoms with Crippen LogP contribution >= 0.6 is 11.3 Å². The van der Waals surface area contributed by atoms with Crippen LogP contribution in [0, 0.1) is 10.1 Å². The van der Waals surface area contributed by atoms with Crippen molar-refractivity contribution in [3.05, 3.63) is 51.0 Å². The molecule has 2 aromatic rings. The van der Waals surface area contributed by atoms with Crippen molar-refractivity contribution in [1.29, 1.82) is 0 Å². The number of hydrogen-bond donors (Lipinski definition) is 1. The van der Waals surface area contributed by atoms with Gasteiger partial charge < -0.3 is 0 Å². The van der Waals surface area contributed by atoms with Gasteiger partial charge in [-0.2, -0.15) is 0 Å². The molecule has 1 N–H and O–H groups in total. The van der Waals surface area contributed by atoms with Crippen LogP contribution in [-0.4, -0.2) is 21.0 Å². The molecule has 0 spiro atoms. The van der Waals surface area contributed by atoms with E-state index in [-0.39, 0.29) is 11.6 Å². The molecule has 0 saturated heterocycles.